The molecule has 0 aromatic heterocycles. The maximum absolute atomic E-state index is 3.80. The molecule has 4 aliphatic rings. The lowest BCUT2D eigenvalue weighted by Crippen LogP contribution is -2.19. The van der Waals surface area contributed by atoms with Crippen LogP contribution in [-0.4, -0.2) is 4.83 Å². The third kappa shape index (κ3) is 0.469. The van der Waals surface area contributed by atoms with E-state index in [1.807, 2.05) is 0 Å². The Balaban J connectivity index is 2.10. The maximum Gasteiger partial charge on any atom is 0.0248 e. The Bertz CT molecular complexity index is 219. The highest BCUT2D eigenvalue weighted by Gasteiger charge is 2.62. The van der Waals surface area contributed by atoms with Crippen LogP contribution in [0.3, 0.4) is 0 Å². The minimum absolute atomic E-state index is 0.840. The van der Waals surface area contributed by atoms with Crippen LogP contribution in [0.2, 0.25) is 0 Å². The van der Waals surface area contributed by atoms with E-state index in [1.165, 1.54) is 6.42 Å². The molecule has 0 N–H and O–H groups in total. The molecule has 1 heteroatoms. The summed E-state index contributed by atoms with van der Waals surface area (Å²) in [5.41, 5.74) is 1.65. The first kappa shape index (κ1) is 5.82. The van der Waals surface area contributed by atoms with Crippen LogP contribution in [0.15, 0.2) is 11.6 Å². The van der Waals surface area contributed by atoms with Crippen LogP contribution in [-0.2, 0) is 0 Å². The van der Waals surface area contributed by atoms with Gasteiger partial charge in [-0.2, -0.15) is 0 Å². The second-order valence-corrected chi connectivity index (χ2v) is 5.07. The van der Waals surface area contributed by atoms with Crippen LogP contribution < -0.4 is 0 Å². The molecule has 0 aliphatic heterocycles. The van der Waals surface area contributed by atoms with Gasteiger partial charge in [-0.15, -0.1) is 0 Å². The summed E-state index contributed by atoms with van der Waals surface area (Å²) in [4.78, 5) is 0.840. The van der Waals surface area contributed by atoms with Crippen molar-refractivity contribution in [2.75, 3.05) is 0 Å². The summed E-state index contributed by atoms with van der Waals surface area (Å²) in [7, 11) is 0. The molecule has 4 bridgehead atoms. The van der Waals surface area contributed by atoms with Crippen LogP contribution in [0, 0.1) is 23.7 Å². The van der Waals surface area contributed by atoms with E-state index < -0.39 is 0 Å². The van der Waals surface area contributed by atoms with E-state index in [1.54, 1.807) is 5.57 Å². The Morgan fingerprint density at radius 3 is 2.80 bits per heavy atom. The van der Waals surface area contributed by atoms with Crippen molar-refractivity contribution < 1.29 is 0 Å². The largest absolute Gasteiger partial charge is 0.0881 e. The lowest BCUT2D eigenvalue weighted by atomic mass is 9.86. The van der Waals surface area contributed by atoms with E-state index in [0.29, 0.717) is 0 Å². The Hall–Kier alpha value is 0.220. The third-order valence-corrected chi connectivity index (χ3v) is 4.86. The van der Waals surface area contributed by atoms with Crippen LogP contribution >= 0.6 is 15.9 Å². The summed E-state index contributed by atoms with van der Waals surface area (Å²) in [6.07, 6.45) is 3.99. The van der Waals surface area contributed by atoms with Gasteiger partial charge in [0.2, 0.25) is 0 Å². The van der Waals surface area contributed by atoms with Crippen molar-refractivity contribution in [3.63, 3.8) is 0 Å². The molecule has 4 aliphatic carbocycles. The first-order valence-electron chi connectivity index (χ1n) is 4.11. The van der Waals surface area contributed by atoms with Gasteiger partial charge in [-0.1, -0.05) is 27.6 Å². The van der Waals surface area contributed by atoms with Gasteiger partial charge in [-0.25, -0.2) is 0 Å². The number of hydrogen-bond acceptors (Lipinski definition) is 0. The highest BCUT2D eigenvalue weighted by atomic mass is 79.9. The molecule has 3 unspecified atom stereocenters. The first-order chi connectivity index (χ1) is 4.79. The highest BCUT2D eigenvalue weighted by Crippen LogP contribution is 2.67. The number of alkyl halides is 1. The summed E-state index contributed by atoms with van der Waals surface area (Å²) < 4.78 is 0. The van der Waals surface area contributed by atoms with Crippen LogP contribution in [0.25, 0.3) is 0 Å². The Morgan fingerprint density at radius 2 is 2.40 bits per heavy atom. The summed E-state index contributed by atoms with van der Waals surface area (Å²) >= 11 is 3.80. The fourth-order valence-electron chi connectivity index (χ4n) is 2.98. The van der Waals surface area contributed by atoms with Gasteiger partial charge >= 0.3 is 0 Å². The molecule has 5 atom stereocenters. The van der Waals surface area contributed by atoms with E-state index in [4.69, 9.17) is 0 Å². The standard InChI is InChI=1S/C9H11Br/c1-4-2-6-7-3-5(4)9(10)8(6)7/h2,5-9H,3H2,1H3/t5-,6?,7+,8?,9?/m0/s1. The predicted molar refractivity (Wildman–Crippen MR) is 45.0 cm³/mol. The van der Waals surface area contributed by atoms with Gasteiger partial charge in [-0.05, 0) is 37.0 Å². The van der Waals surface area contributed by atoms with Gasteiger partial charge in [0, 0.05) is 4.83 Å². The first-order valence-corrected chi connectivity index (χ1v) is 5.03. The molecular formula is C9H11Br. The van der Waals surface area contributed by atoms with Gasteiger partial charge in [0.1, 0.15) is 0 Å². The van der Waals surface area contributed by atoms with Gasteiger partial charge in [0.05, 0.1) is 0 Å². The summed E-state index contributed by atoms with van der Waals surface area (Å²) in [5, 5.41) is 0. The van der Waals surface area contributed by atoms with Crippen LogP contribution in [0.5, 0.6) is 0 Å². The lowest BCUT2D eigenvalue weighted by molar-refractivity contribution is 0.505. The van der Waals surface area contributed by atoms with E-state index in [2.05, 4.69) is 28.9 Å². The quantitative estimate of drug-likeness (QED) is 0.415. The zero-order valence-corrected chi connectivity index (χ0v) is 7.64. The molecule has 0 nitrogen and oxygen atoms in total. The summed E-state index contributed by atoms with van der Waals surface area (Å²) in [6, 6.07) is 0. The molecule has 0 aromatic rings. The van der Waals surface area contributed by atoms with Gasteiger partial charge in [0.25, 0.3) is 0 Å². The van der Waals surface area contributed by atoms with E-state index in [9.17, 15) is 0 Å². The summed E-state index contributed by atoms with van der Waals surface area (Å²) in [5.74, 6) is 4.00. The molecule has 0 spiro atoms. The van der Waals surface area contributed by atoms with Crippen molar-refractivity contribution >= 4 is 15.9 Å². The maximum atomic E-state index is 3.80. The molecular weight excluding hydrogens is 188 g/mol. The molecule has 2 saturated carbocycles. The monoisotopic (exact) mass is 198 g/mol. The predicted octanol–water partition coefficient (Wildman–Crippen LogP) is 2.59. The SMILES string of the molecule is CC1=CC2C3C(Br)[C@H]1C[C@H]23. The van der Waals surface area contributed by atoms with Crippen molar-refractivity contribution in [1.82, 2.24) is 0 Å². The van der Waals surface area contributed by atoms with Crippen LogP contribution in [0.1, 0.15) is 13.3 Å². The van der Waals surface area contributed by atoms with Crippen molar-refractivity contribution in [3.05, 3.63) is 11.6 Å². The zero-order chi connectivity index (χ0) is 6.88. The molecule has 0 aromatic carbocycles. The number of allylic oxidation sites excluding steroid dienone is 2. The highest BCUT2D eigenvalue weighted by molar-refractivity contribution is 9.09. The molecule has 4 rings (SSSR count). The molecule has 0 saturated heterocycles. The lowest BCUT2D eigenvalue weighted by Gasteiger charge is -2.25. The van der Waals surface area contributed by atoms with Crippen molar-refractivity contribution in [2.24, 2.45) is 23.7 Å². The van der Waals surface area contributed by atoms with Crippen molar-refractivity contribution in [1.29, 1.82) is 0 Å². The normalized spacial score (nSPS) is 62.2. The molecule has 0 radical (unpaired) electrons. The van der Waals surface area contributed by atoms with Crippen LogP contribution in [0.4, 0.5) is 0 Å². The molecule has 2 fully saturated rings. The third-order valence-electron chi connectivity index (χ3n) is 3.61. The van der Waals surface area contributed by atoms with Crippen molar-refractivity contribution in [3.8, 4) is 0 Å². The molecule has 10 heavy (non-hydrogen) atoms. The number of hydrogen-bond donors (Lipinski definition) is 0. The number of rotatable bonds is 0. The van der Waals surface area contributed by atoms with E-state index in [0.717, 1.165) is 28.5 Å². The second kappa shape index (κ2) is 1.52. The second-order valence-electron chi connectivity index (χ2n) is 4.02. The Labute approximate surface area is 69.8 Å². The van der Waals surface area contributed by atoms with E-state index >= 15 is 0 Å². The van der Waals surface area contributed by atoms with Crippen molar-refractivity contribution in [2.45, 2.75) is 18.2 Å². The number of halogens is 1. The van der Waals surface area contributed by atoms with Gasteiger partial charge < -0.3 is 0 Å². The minimum Gasteiger partial charge on any atom is -0.0881 e. The van der Waals surface area contributed by atoms with E-state index in [-0.39, 0.29) is 0 Å². The average Bonchev–Trinajstić information content (AvgIpc) is 2.47. The summed E-state index contributed by atoms with van der Waals surface area (Å²) in [6.45, 7) is 2.30. The van der Waals surface area contributed by atoms with Gasteiger partial charge in [-0.3, -0.25) is 0 Å². The van der Waals surface area contributed by atoms with Gasteiger partial charge in [0.15, 0.2) is 0 Å². The molecule has 0 heterocycles. The Kier molecular flexibility index (Phi) is 0.887. The fourth-order valence-corrected chi connectivity index (χ4v) is 4.36. The topological polar surface area (TPSA) is 0 Å². The smallest absolute Gasteiger partial charge is 0.0248 e. The molecule has 54 valence electrons. The minimum atomic E-state index is 0.840. The Morgan fingerprint density at radius 1 is 1.60 bits per heavy atom. The zero-order valence-electron chi connectivity index (χ0n) is 6.05. The average molecular weight is 199 g/mol. The fraction of sp³-hybridized carbons (Fsp3) is 0.778. The molecule has 0 amide bonds.